The lowest BCUT2D eigenvalue weighted by Gasteiger charge is -2.29. The molecule has 2 N–H and O–H groups in total. The Balaban J connectivity index is 2.65. The minimum Gasteiger partial charge on any atom is -0.508 e. The van der Waals surface area contributed by atoms with Gasteiger partial charge in [-0.05, 0) is 57.1 Å². The first kappa shape index (κ1) is 27.0. The third-order valence-corrected chi connectivity index (χ3v) is 8.03. The largest absolute Gasteiger partial charge is 0.508 e. The highest BCUT2D eigenvalue weighted by Gasteiger charge is 2.29. The second-order valence-electron chi connectivity index (χ2n) is 12.9. The van der Waals surface area contributed by atoms with Crippen LogP contribution in [-0.2, 0) is 21.7 Å². The highest BCUT2D eigenvalue weighted by Crippen LogP contribution is 2.51. The third-order valence-electron chi connectivity index (χ3n) is 5.62. The molecule has 0 amide bonds. The van der Waals surface area contributed by atoms with Crippen LogP contribution in [0.5, 0.6) is 11.5 Å². The van der Waals surface area contributed by atoms with Gasteiger partial charge in [0.25, 0.3) is 0 Å². The van der Waals surface area contributed by atoms with E-state index in [-0.39, 0.29) is 21.7 Å². The molecular weight excluding hydrogens is 432 g/mol. The lowest BCUT2D eigenvalue weighted by molar-refractivity contribution is 0.437. The van der Waals surface area contributed by atoms with Gasteiger partial charge in [0.1, 0.15) is 11.5 Å². The van der Waals surface area contributed by atoms with Gasteiger partial charge < -0.3 is 10.2 Å². The number of hydrogen-bond donors (Lipinski definition) is 2. The maximum Gasteiger partial charge on any atom is 0.120 e. The Bertz CT molecular complexity index is 897. The van der Waals surface area contributed by atoms with Gasteiger partial charge in [-0.15, -0.1) is 0 Å². The van der Waals surface area contributed by atoms with Crippen LogP contribution in [-0.4, -0.2) is 10.2 Å². The van der Waals surface area contributed by atoms with Crippen LogP contribution in [0.2, 0.25) is 0 Å². The molecule has 4 heteroatoms. The topological polar surface area (TPSA) is 40.5 Å². The van der Waals surface area contributed by atoms with Crippen molar-refractivity contribution in [2.75, 3.05) is 0 Å². The van der Waals surface area contributed by atoms with Gasteiger partial charge in [0.15, 0.2) is 0 Å². The minimum absolute atomic E-state index is 0.0607. The molecule has 0 heterocycles. The molecule has 178 valence electrons. The summed E-state index contributed by atoms with van der Waals surface area (Å²) in [5.74, 6) is 0.714. The molecule has 2 aromatic rings. The molecule has 2 rings (SSSR count). The second kappa shape index (κ2) is 8.83. The van der Waals surface area contributed by atoms with Crippen molar-refractivity contribution in [2.45, 2.75) is 115 Å². The molecule has 0 fully saturated rings. The Labute approximate surface area is 204 Å². The molecule has 0 unspecified atom stereocenters. The van der Waals surface area contributed by atoms with Gasteiger partial charge in [-0.25, -0.2) is 0 Å². The van der Waals surface area contributed by atoms with Gasteiger partial charge in [0.2, 0.25) is 0 Å². The maximum absolute atomic E-state index is 11.0. The maximum atomic E-state index is 11.0. The average Bonchev–Trinajstić information content (AvgIpc) is 2.54. The van der Waals surface area contributed by atoms with Gasteiger partial charge in [0.05, 0.1) is 0 Å². The molecule has 0 aliphatic carbocycles. The molecule has 0 aliphatic rings. The highest BCUT2D eigenvalue weighted by atomic mass is 33.1. The van der Waals surface area contributed by atoms with E-state index in [1.165, 1.54) is 0 Å². The number of benzene rings is 2. The summed E-state index contributed by atoms with van der Waals surface area (Å²) in [6.45, 7) is 25.9. The Kier molecular flexibility index (Phi) is 7.45. The van der Waals surface area contributed by atoms with Crippen LogP contribution in [0.25, 0.3) is 0 Å². The molecule has 0 aliphatic heterocycles. The van der Waals surface area contributed by atoms with Crippen molar-refractivity contribution in [3.8, 4) is 11.5 Å². The molecule has 0 radical (unpaired) electrons. The average molecular weight is 475 g/mol. The Morgan fingerprint density at radius 3 is 0.969 bits per heavy atom. The quantitative estimate of drug-likeness (QED) is 0.435. The Hall–Kier alpha value is -1.26. The van der Waals surface area contributed by atoms with E-state index in [1.807, 2.05) is 12.1 Å². The predicted molar refractivity (Wildman–Crippen MR) is 143 cm³/mol. The van der Waals surface area contributed by atoms with E-state index < -0.39 is 0 Å². The van der Waals surface area contributed by atoms with Crippen LogP contribution >= 0.6 is 21.6 Å². The molecule has 0 spiro atoms. The van der Waals surface area contributed by atoms with Crippen molar-refractivity contribution >= 4 is 21.6 Å². The molecule has 0 saturated heterocycles. The molecule has 0 bridgehead atoms. The van der Waals surface area contributed by atoms with E-state index in [0.717, 1.165) is 32.0 Å². The van der Waals surface area contributed by atoms with Crippen molar-refractivity contribution in [1.29, 1.82) is 0 Å². The zero-order valence-electron chi connectivity index (χ0n) is 22.0. The van der Waals surface area contributed by atoms with Crippen molar-refractivity contribution in [1.82, 2.24) is 0 Å². The number of phenols is 2. The van der Waals surface area contributed by atoms with Gasteiger partial charge in [-0.1, -0.05) is 105 Å². The van der Waals surface area contributed by atoms with Crippen LogP contribution in [0.3, 0.4) is 0 Å². The van der Waals surface area contributed by atoms with E-state index in [1.54, 1.807) is 21.6 Å². The van der Waals surface area contributed by atoms with Crippen LogP contribution in [0, 0.1) is 0 Å². The SMILES string of the molecule is CC(C)(C)c1cc(O)c(C(C)(C)C)c(SSc2cc(C(C)(C)C)cc(O)c2C(C)(C)C)c1. The fourth-order valence-corrected chi connectivity index (χ4v) is 6.64. The van der Waals surface area contributed by atoms with E-state index in [2.05, 4.69) is 95.2 Å². The van der Waals surface area contributed by atoms with E-state index >= 15 is 0 Å². The zero-order valence-corrected chi connectivity index (χ0v) is 23.7. The highest BCUT2D eigenvalue weighted by molar-refractivity contribution is 8.76. The summed E-state index contributed by atoms with van der Waals surface area (Å²) in [7, 11) is 3.35. The standard InChI is InChI=1S/C28H42O2S2/c1-25(2,3)17-13-19(29)23(27(7,8)9)21(15-17)31-32-22-16-18(26(4,5)6)14-20(30)24(22)28(10,11)12/h13-16,29-30H,1-12H3. The summed E-state index contributed by atoms with van der Waals surface area (Å²) >= 11 is 0. The fourth-order valence-electron chi connectivity index (χ4n) is 3.80. The van der Waals surface area contributed by atoms with Gasteiger partial charge >= 0.3 is 0 Å². The van der Waals surface area contributed by atoms with Gasteiger partial charge in [0, 0.05) is 20.9 Å². The second-order valence-corrected chi connectivity index (χ2v) is 15.1. The third kappa shape index (κ3) is 6.20. The van der Waals surface area contributed by atoms with Crippen LogP contribution in [0.15, 0.2) is 34.1 Å². The van der Waals surface area contributed by atoms with Crippen molar-refractivity contribution < 1.29 is 10.2 Å². The van der Waals surface area contributed by atoms with Crippen molar-refractivity contribution in [2.24, 2.45) is 0 Å². The van der Waals surface area contributed by atoms with Crippen molar-refractivity contribution in [3.63, 3.8) is 0 Å². The normalized spacial score (nSPS) is 13.5. The lowest BCUT2D eigenvalue weighted by Crippen LogP contribution is -2.17. The molecule has 0 saturated carbocycles. The fraction of sp³-hybridized carbons (Fsp3) is 0.571. The van der Waals surface area contributed by atoms with Crippen molar-refractivity contribution in [3.05, 3.63) is 46.5 Å². The predicted octanol–water partition coefficient (Wildman–Crippen LogP) is 9.09. The summed E-state index contributed by atoms with van der Waals surface area (Å²) < 4.78 is 0. The zero-order chi connectivity index (χ0) is 24.9. The molecule has 0 aromatic heterocycles. The number of aromatic hydroxyl groups is 2. The number of phenolic OH excluding ortho intramolecular Hbond substituents is 2. The molecule has 2 aromatic carbocycles. The van der Waals surface area contributed by atoms with E-state index in [4.69, 9.17) is 0 Å². The number of hydrogen-bond acceptors (Lipinski definition) is 4. The number of rotatable bonds is 3. The van der Waals surface area contributed by atoms with Crippen LogP contribution in [0.4, 0.5) is 0 Å². The smallest absolute Gasteiger partial charge is 0.120 e. The first-order chi connectivity index (χ1) is 14.2. The molecule has 2 nitrogen and oxygen atoms in total. The van der Waals surface area contributed by atoms with E-state index in [0.29, 0.717) is 11.5 Å². The molecule has 32 heavy (non-hydrogen) atoms. The van der Waals surface area contributed by atoms with E-state index in [9.17, 15) is 10.2 Å². The lowest BCUT2D eigenvalue weighted by atomic mass is 9.81. The summed E-state index contributed by atoms with van der Waals surface area (Å²) in [5, 5.41) is 22.0. The summed E-state index contributed by atoms with van der Waals surface area (Å²) in [6.07, 6.45) is 0. The summed E-state index contributed by atoms with van der Waals surface area (Å²) in [6, 6.07) is 8.29. The monoisotopic (exact) mass is 474 g/mol. The molecule has 0 atom stereocenters. The summed E-state index contributed by atoms with van der Waals surface area (Å²) in [5.41, 5.74) is 3.68. The van der Waals surface area contributed by atoms with Gasteiger partial charge in [-0.3, -0.25) is 0 Å². The Morgan fingerprint density at radius 1 is 0.469 bits per heavy atom. The van der Waals surface area contributed by atoms with Crippen LogP contribution in [0.1, 0.15) is 105 Å². The first-order valence-electron chi connectivity index (χ1n) is 11.3. The summed E-state index contributed by atoms with van der Waals surface area (Å²) in [4.78, 5) is 2.15. The molecular formula is C28H42O2S2. The van der Waals surface area contributed by atoms with Gasteiger partial charge in [-0.2, -0.15) is 0 Å². The Morgan fingerprint density at radius 2 is 0.750 bits per heavy atom. The minimum atomic E-state index is -0.189. The first-order valence-corrected chi connectivity index (χ1v) is 13.5. The van der Waals surface area contributed by atoms with Crippen LogP contribution < -0.4 is 0 Å².